The van der Waals surface area contributed by atoms with Gasteiger partial charge in [-0.1, -0.05) is 48.0 Å². The molecule has 1 N–H and O–H groups in total. The maximum Gasteiger partial charge on any atom is 0.251 e. The Morgan fingerprint density at radius 2 is 1.67 bits per heavy atom. The minimum absolute atomic E-state index is 0.0418. The summed E-state index contributed by atoms with van der Waals surface area (Å²) in [4.78, 5) is 17.3. The first kappa shape index (κ1) is 19.6. The van der Waals surface area contributed by atoms with Crippen LogP contribution in [0.5, 0.6) is 0 Å². The van der Waals surface area contributed by atoms with E-state index in [2.05, 4.69) is 51.5 Å². The van der Waals surface area contributed by atoms with Gasteiger partial charge in [0.2, 0.25) is 0 Å². The molecule has 0 aliphatic carbocycles. The minimum Gasteiger partial charge on any atom is -0.352 e. The molecular weight excluding hydrogens is 334 g/mol. The summed E-state index contributed by atoms with van der Waals surface area (Å²) in [5.41, 5.74) is 4.41. The Morgan fingerprint density at radius 3 is 2.37 bits per heavy atom. The number of hydrogen-bond donors (Lipinski definition) is 1. The maximum absolute atomic E-state index is 12.3. The van der Waals surface area contributed by atoms with Gasteiger partial charge in [-0.25, -0.2) is 0 Å². The van der Waals surface area contributed by atoms with E-state index in [4.69, 9.17) is 0 Å². The van der Waals surface area contributed by atoms with Crippen LogP contribution in [-0.4, -0.2) is 55.0 Å². The van der Waals surface area contributed by atoms with E-state index in [0.29, 0.717) is 0 Å². The zero-order valence-electron chi connectivity index (χ0n) is 16.6. The van der Waals surface area contributed by atoms with E-state index in [1.54, 1.807) is 0 Å². The van der Waals surface area contributed by atoms with Gasteiger partial charge in [-0.3, -0.25) is 9.69 Å². The van der Waals surface area contributed by atoms with Crippen molar-refractivity contribution >= 4 is 5.91 Å². The third-order valence-electron chi connectivity index (χ3n) is 5.28. The molecule has 0 unspecified atom stereocenters. The summed E-state index contributed by atoms with van der Waals surface area (Å²) in [5.74, 6) is 0.0418. The van der Waals surface area contributed by atoms with Crippen molar-refractivity contribution in [3.05, 3.63) is 70.8 Å². The second-order valence-corrected chi connectivity index (χ2v) is 7.53. The molecule has 2 aromatic rings. The van der Waals surface area contributed by atoms with Gasteiger partial charge in [-0.2, -0.15) is 0 Å². The number of amides is 1. The lowest BCUT2D eigenvalue weighted by atomic mass is 10.1. The minimum atomic E-state index is 0.0418. The van der Waals surface area contributed by atoms with Gasteiger partial charge in [0.1, 0.15) is 0 Å². The van der Waals surface area contributed by atoms with Gasteiger partial charge in [0, 0.05) is 44.8 Å². The zero-order valence-corrected chi connectivity index (χ0v) is 16.6. The lowest BCUT2D eigenvalue weighted by molar-refractivity contribution is 0.0946. The van der Waals surface area contributed by atoms with Gasteiger partial charge in [-0.15, -0.1) is 0 Å². The molecule has 0 radical (unpaired) electrons. The van der Waals surface area contributed by atoms with Crippen LogP contribution in [0, 0.1) is 13.8 Å². The molecule has 1 fully saturated rings. The third kappa shape index (κ3) is 5.91. The molecule has 0 atom stereocenters. The molecule has 4 heteroatoms. The Morgan fingerprint density at radius 1 is 0.963 bits per heavy atom. The number of nitrogens with one attached hydrogen (secondary N) is 1. The van der Waals surface area contributed by atoms with Gasteiger partial charge in [0.25, 0.3) is 5.91 Å². The van der Waals surface area contributed by atoms with Crippen molar-refractivity contribution < 1.29 is 4.79 Å². The normalized spacial score (nSPS) is 15.6. The van der Waals surface area contributed by atoms with Gasteiger partial charge >= 0.3 is 0 Å². The molecule has 0 spiro atoms. The van der Waals surface area contributed by atoms with E-state index in [0.717, 1.165) is 63.4 Å². The lowest BCUT2D eigenvalue weighted by Crippen LogP contribution is -2.46. The van der Waals surface area contributed by atoms with Crippen LogP contribution in [0.3, 0.4) is 0 Å². The van der Waals surface area contributed by atoms with E-state index >= 15 is 0 Å². The predicted octanol–water partition coefficient (Wildman–Crippen LogP) is 3.24. The van der Waals surface area contributed by atoms with Crippen molar-refractivity contribution in [2.45, 2.75) is 26.8 Å². The average Bonchev–Trinajstić information content (AvgIpc) is 2.67. The maximum atomic E-state index is 12.3. The monoisotopic (exact) mass is 365 g/mol. The van der Waals surface area contributed by atoms with E-state index in [1.165, 1.54) is 11.1 Å². The lowest BCUT2D eigenvalue weighted by Gasteiger charge is -2.34. The fourth-order valence-corrected chi connectivity index (χ4v) is 3.68. The summed E-state index contributed by atoms with van der Waals surface area (Å²) < 4.78 is 0. The van der Waals surface area contributed by atoms with Crippen molar-refractivity contribution in [1.82, 2.24) is 15.1 Å². The number of carbonyl (C=O) groups excluding carboxylic acids is 1. The second kappa shape index (κ2) is 9.67. The van der Waals surface area contributed by atoms with Gasteiger partial charge in [-0.05, 0) is 44.0 Å². The molecule has 0 bridgehead atoms. The molecule has 1 heterocycles. The highest BCUT2D eigenvalue weighted by Gasteiger charge is 2.16. The second-order valence-electron chi connectivity index (χ2n) is 7.53. The molecule has 27 heavy (non-hydrogen) atoms. The Hall–Kier alpha value is -2.17. The van der Waals surface area contributed by atoms with Crippen LogP contribution in [0.2, 0.25) is 0 Å². The molecule has 1 aliphatic heterocycles. The summed E-state index contributed by atoms with van der Waals surface area (Å²) in [6.45, 7) is 11.3. The molecule has 1 saturated heterocycles. The quantitative estimate of drug-likeness (QED) is 0.765. The van der Waals surface area contributed by atoms with Crippen LogP contribution in [-0.2, 0) is 6.54 Å². The molecule has 0 aromatic heterocycles. The predicted molar refractivity (Wildman–Crippen MR) is 111 cm³/mol. The highest BCUT2D eigenvalue weighted by molar-refractivity contribution is 5.95. The first-order valence-electron chi connectivity index (χ1n) is 9.96. The summed E-state index contributed by atoms with van der Waals surface area (Å²) in [6.07, 6.45) is 0.995. The number of aryl methyl sites for hydroxylation is 2. The molecule has 1 amide bonds. The third-order valence-corrected chi connectivity index (χ3v) is 5.28. The zero-order chi connectivity index (χ0) is 19.1. The highest BCUT2D eigenvalue weighted by atomic mass is 16.1. The number of piperazine rings is 1. The fraction of sp³-hybridized carbons (Fsp3) is 0.435. The van der Waals surface area contributed by atoms with E-state index in [1.807, 2.05) is 26.0 Å². The summed E-state index contributed by atoms with van der Waals surface area (Å²) >= 11 is 0. The van der Waals surface area contributed by atoms with E-state index in [-0.39, 0.29) is 5.91 Å². The van der Waals surface area contributed by atoms with Crippen molar-refractivity contribution in [1.29, 1.82) is 0 Å². The molecule has 144 valence electrons. The standard InChI is InChI=1S/C23H31N3O/c1-19-9-10-22(20(2)17-19)23(27)24-11-6-12-25-13-15-26(16-14-25)18-21-7-4-3-5-8-21/h3-5,7-10,17H,6,11-16,18H2,1-2H3,(H,24,27). The Balaban J connectivity index is 1.33. The number of rotatable bonds is 7. The molecule has 0 saturated carbocycles. The van der Waals surface area contributed by atoms with Gasteiger partial charge in [0.15, 0.2) is 0 Å². The molecule has 4 nitrogen and oxygen atoms in total. The van der Waals surface area contributed by atoms with Crippen LogP contribution in [0.4, 0.5) is 0 Å². The van der Waals surface area contributed by atoms with Crippen LogP contribution in [0.1, 0.15) is 33.5 Å². The van der Waals surface area contributed by atoms with E-state index < -0.39 is 0 Å². The topological polar surface area (TPSA) is 35.6 Å². The van der Waals surface area contributed by atoms with Crippen molar-refractivity contribution in [3.63, 3.8) is 0 Å². The smallest absolute Gasteiger partial charge is 0.251 e. The number of hydrogen-bond acceptors (Lipinski definition) is 3. The van der Waals surface area contributed by atoms with Gasteiger partial charge < -0.3 is 10.2 Å². The van der Waals surface area contributed by atoms with Crippen LogP contribution >= 0.6 is 0 Å². The fourth-order valence-electron chi connectivity index (χ4n) is 3.68. The largest absolute Gasteiger partial charge is 0.352 e. The summed E-state index contributed by atoms with van der Waals surface area (Å²) in [5, 5.41) is 3.06. The molecule has 1 aliphatic rings. The Bertz CT molecular complexity index is 737. The van der Waals surface area contributed by atoms with Crippen molar-refractivity contribution in [3.8, 4) is 0 Å². The van der Waals surface area contributed by atoms with Crippen LogP contribution in [0.25, 0.3) is 0 Å². The average molecular weight is 366 g/mol. The summed E-state index contributed by atoms with van der Waals surface area (Å²) in [7, 11) is 0. The molecular formula is C23H31N3O. The van der Waals surface area contributed by atoms with Crippen molar-refractivity contribution in [2.75, 3.05) is 39.3 Å². The highest BCUT2D eigenvalue weighted by Crippen LogP contribution is 2.11. The van der Waals surface area contributed by atoms with Crippen LogP contribution in [0.15, 0.2) is 48.5 Å². The van der Waals surface area contributed by atoms with E-state index in [9.17, 15) is 4.79 Å². The Kier molecular flexibility index (Phi) is 7.02. The number of carbonyl (C=O) groups is 1. The SMILES string of the molecule is Cc1ccc(C(=O)NCCCN2CCN(Cc3ccccc3)CC2)c(C)c1. The Labute approximate surface area is 163 Å². The van der Waals surface area contributed by atoms with Crippen LogP contribution < -0.4 is 5.32 Å². The molecule has 2 aromatic carbocycles. The van der Waals surface area contributed by atoms with Gasteiger partial charge in [0.05, 0.1) is 0 Å². The van der Waals surface area contributed by atoms with Crippen molar-refractivity contribution in [2.24, 2.45) is 0 Å². The first-order chi connectivity index (χ1) is 13.1. The molecule has 3 rings (SSSR count). The number of nitrogens with zero attached hydrogens (tertiary/aromatic N) is 2. The number of benzene rings is 2. The first-order valence-corrected chi connectivity index (χ1v) is 9.96. The summed E-state index contributed by atoms with van der Waals surface area (Å²) in [6, 6.07) is 16.7.